The molecule has 0 aliphatic heterocycles. The second-order valence-corrected chi connectivity index (χ2v) is 6.00. The Morgan fingerprint density at radius 3 is 2.32 bits per heavy atom. The van der Waals surface area contributed by atoms with E-state index in [0.29, 0.717) is 6.04 Å². The van der Waals surface area contributed by atoms with Crippen LogP contribution in [0.2, 0.25) is 0 Å². The Kier molecular flexibility index (Phi) is 7.76. The van der Waals surface area contributed by atoms with Crippen LogP contribution < -0.4 is 5.32 Å². The highest BCUT2D eigenvalue weighted by Gasteiger charge is 2.09. The van der Waals surface area contributed by atoms with Gasteiger partial charge in [-0.2, -0.15) is 0 Å². The van der Waals surface area contributed by atoms with Crippen LogP contribution in [0.4, 0.5) is 0 Å². The van der Waals surface area contributed by atoms with Crippen molar-refractivity contribution in [2.24, 2.45) is 5.92 Å². The number of nitrogens with zero attached hydrogens (tertiary/aromatic N) is 1. The van der Waals surface area contributed by atoms with Gasteiger partial charge in [0.15, 0.2) is 0 Å². The standard InChI is InChI=1S/C17H30N2/c1-15(2)13-18-11-8-12-19(16(3)4)14-17-9-6-5-7-10-17/h5-7,9-10,15-16,18H,8,11-14H2,1-4H3. The SMILES string of the molecule is CC(C)CNCCCN(Cc1ccccc1)C(C)C. The fourth-order valence-corrected chi connectivity index (χ4v) is 2.14. The van der Waals surface area contributed by atoms with E-state index in [1.54, 1.807) is 0 Å². The highest BCUT2D eigenvalue weighted by atomic mass is 15.1. The average Bonchev–Trinajstić information content (AvgIpc) is 2.37. The van der Waals surface area contributed by atoms with Crippen LogP contribution in [0.15, 0.2) is 30.3 Å². The van der Waals surface area contributed by atoms with Crippen molar-refractivity contribution in [3.8, 4) is 0 Å². The molecule has 0 radical (unpaired) electrons. The molecule has 0 unspecified atom stereocenters. The summed E-state index contributed by atoms with van der Waals surface area (Å²) in [5.74, 6) is 0.741. The summed E-state index contributed by atoms with van der Waals surface area (Å²) in [4.78, 5) is 2.55. The minimum absolute atomic E-state index is 0.602. The molecule has 0 amide bonds. The molecule has 0 heterocycles. The summed E-state index contributed by atoms with van der Waals surface area (Å²) < 4.78 is 0. The lowest BCUT2D eigenvalue weighted by Crippen LogP contribution is -2.33. The topological polar surface area (TPSA) is 15.3 Å². The molecular weight excluding hydrogens is 232 g/mol. The maximum absolute atomic E-state index is 3.52. The fraction of sp³-hybridized carbons (Fsp3) is 0.647. The lowest BCUT2D eigenvalue weighted by atomic mass is 10.2. The third kappa shape index (κ3) is 7.34. The number of nitrogens with one attached hydrogen (secondary N) is 1. The molecule has 0 spiro atoms. The monoisotopic (exact) mass is 262 g/mol. The molecule has 0 aromatic heterocycles. The molecule has 0 saturated carbocycles. The molecule has 0 atom stereocenters. The molecule has 0 fully saturated rings. The van der Waals surface area contributed by atoms with Gasteiger partial charge in [-0.25, -0.2) is 0 Å². The Labute approximate surface area is 119 Å². The van der Waals surface area contributed by atoms with Crippen LogP contribution in [0.3, 0.4) is 0 Å². The first-order valence-corrected chi connectivity index (χ1v) is 7.58. The molecule has 0 aliphatic carbocycles. The van der Waals surface area contributed by atoms with Gasteiger partial charge in [-0.05, 0) is 51.4 Å². The van der Waals surface area contributed by atoms with Crippen LogP contribution in [-0.4, -0.2) is 30.6 Å². The van der Waals surface area contributed by atoms with Crippen molar-refractivity contribution >= 4 is 0 Å². The lowest BCUT2D eigenvalue weighted by molar-refractivity contribution is 0.209. The Bertz CT molecular complexity index is 319. The van der Waals surface area contributed by atoms with Crippen molar-refractivity contribution in [2.75, 3.05) is 19.6 Å². The highest BCUT2D eigenvalue weighted by molar-refractivity contribution is 5.14. The number of hydrogen-bond donors (Lipinski definition) is 1. The van der Waals surface area contributed by atoms with Crippen LogP contribution >= 0.6 is 0 Å². The third-order valence-electron chi connectivity index (χ3n) is 3.31. The second-order valence-electron chi connectivity index (χ2n) is 6.00. The third-order valence-corrected chi connectivity index (χ3v) is 3.31. The summed E-state index contributed by atoms with van der Waals surface area (Å²) in [6.45, 7) is 13.5. The molecular formula is C17H30N2. The van der Waals surface area contributed by atoms with Crippen molar-refractivity contribution < 1.29 is 0 Å². The van der Waals surface area contributed by atoms with Crippen LogP contribution in [-0.2, 0) is 6.54 Å². The fourth-order valence-electron chi connectivity index (χ4n) is 2.14. The van der Waals surface area contributed by atoms with Crippen molar-refractivity contribution in [2.45, 2.75) is 46.7 Å². The highest BCUT2D eigenvalue weighted by Crippen LogP contribution is 2.08. The van der Waals surface area contributed by atoms with Crippen LogP contribution in [0.5, 0.6) is 0 Å². The van der Waals surface area contributed by atoms with Gasteiger partial charge < -0.3 is 5.32 Å². The van der Waals surface area contributed by atoms with Gasteiger partial charge in [-0.3, -0.25) is 4.90 Å². The molecule has 2 heteroatoms. The quantitative estimate of drug-likeness (QED) is 0.685. The molecule has 1 aromatic rings. The van der Waals surface area contributed by atoms with E-state index in [0.717, 1.165) is 32.1 Å². The molecule has 0 aliphatic rings. The normalized spacial score (nSPS) is 11.7. The number of benzene rings is 1. The summed E-state index contributed by atoms with van der Waals surface area (Å²) in [7, 11) is 0. The molecule has 1 aromatic carbocycles. The van der Waals surface area contributed by atoms with Crippen molar-refractivity contribution in [1.29, 1.82) is 0 Å². The molecule has 1 N–H and O–H groups in total. The lowest BCUT2D eigenvalue weighted by Gasteiger charge is -2.26. The van der Waals surface area contributed by atoms with E-state index < -0.39 is 0 Å². The Morgan fingerprint density at radius 2 is 1.74 bits per heavy atom. The maximum atomic E-state index is 3.52. The van der Waals surface area contributed by atoms with Gasteiger partial charge in [0.05, 0.1) is 0 Å². The van der Waals surface area contributed by atoms with Crippen molar-refractivity contribution in [3.05, 3.63) is 35.9 Å². The van der Waals surface area contributed by atoms with E-state index in [2.05, 4.69) is 68.2 Å². The summed E-state index contributed by atoms with van der Waals surface area (Å²) in [6.07, 6.45) is 1.22. The van der Waals surface area contributed by atoms with Gasteiger partial charge in [0.2, 0.25) is 0 Å². The molecule has 19 heavy (non-hydrogen) atoms. The molecule has 0 saturated heterocycles. The summed E-state index contributed by atoms with van der Waals surface area (Å²) in [5, 5.41) is 3.52. The van der Waals surface area contributed by atoms with Crippen molar-refractivity contribution in [1.82, 2.24) is 10.2 Å². The van der Waals surface area contributed by atoms with E-state index in [1.807, 2.05) is 0 Å². The van der Waals surface area contributed by atoms with E-state index >= 15 is 0 Å². The molecule has 0 bridgehead atoms. The van der Waals surface area contributed by atoms with Gasteiger partial charge >= 0.3 is 0 Å². The minimum atomic E-state index is 0.602. The van der Waals surface area contributed by atoms with E-state index in [4.69, 9.17) is 0 Å². The first-order valence-electron chi connectivity index (χ1n) is 7.58. The predicted molar refractivity (Wildman–Crippen MR) is 84.3 cm³/mol. The minimum Gasteiger partial charge on any atom is -0.316 e. The summed E-state index contributed by atoms with van der Waals surface area (Å²) >= 11 is 0. The van der Waals surface area contributed by atoms with Gasteiger partial charge in [-0.15, -0.1) is 0 Å². The Balaban J connectivity index is 2.29. The largest absolute Gasteiger partial charge is 0.316 e. The zero-order valence-corrected chi connectivity index (χ0v) is 13.0. The smallest absolute Gasteiger partial charge is 0.0236 e. The second kappa shape index (κ2) is 9.11. The molecule has 1 rings (SSSR count). The van der Waals surface area contributed by atoms with Gasteiger partial charge in [0.25, 0.3) is 0 Å². The van der Waals surface area contributed by atoms with Crippen LogP contribution in [0.1, 0.15) is 39.7 Å². The Hall–Kier alpha value is -0.860. The molecule has 108 valence electrons. The van der Waals surface area contributed by atoms with E-state index in [9.17, 15) is 0 Å². The van der Waals surface area contributed by atoms with E-state index in [1.165, 1.54) is 12.0 Å². The zero-order valence-electron chi connectivity index (χ0n) is 13.0. The van der Waals surface area contributed by atoms with Gasteiger partial charge in [0.1, 0.15) is 0 Å². The van der Waals surface area contributed by atoms with Gasteiger partial charge in [0, 0.05) is 12.6 Å². The number of rotatable bonds is 9. The summed E-state index contributed by atoms with van der Waals surface area (Å²) in [5.41, 5.74) is 1.41. The number of hydrogen-bond acceptors (Lipinski definition) is 2. The first kappa shape index (κ1) is 16.2. The van der Waals surface area contributed by atoms with Crippen molar-refractivity contribution in [3.63, 3.8) is 0 Å². The summed E-state index contributed by atoms with van der Waals surface area (Å²) in [6, 6.07) is 11.4. The van der Waals surface area contributed by atoms with Crippen LogP contribution in [0, 0.1) is 5.92 Å². The van der Waals surface area contributed by atoms with Crippen LogP contribution in [0.25, 0.3) is 0 Å². The van der Waals surface area contributed by atoms with E-state index in [-0.39, 0.29) is 0 Å². The zero-order chi connectivity index (χ0) is 14.1. The van der Waals surface area contributed by atoms with Gasteiger partial charge in [-0.1, -0.05) is 44.2 Å². The predicted octanol–water partition coefficient (Wildman–Crippen LogP) is 3.53. The maximum Gasteiger partial charge on any atom is 0.0236 e. The average molecular weight is 262 g/mol. The Morgan fingerprint density at radius 1 is 1.05 bits per heavy atom. The molecule has 2 nitrogen and oxygen atoms in total. The first-order chi connectivity index (χ1) is 9.09.